The highest BCUT2D eigenvalue weighted by Gasteiger charge is 2.25. The van der Waals surface area contributed by atoms with Crippen molar-refractivity contribution < 1.29 is 18.5 Å². The number of hydrogen-bond acceptors (Lipinski definition) is 3. The van der Waals surface area contributed by atoms with Crippen molar-refractivity contribution in [2.45, 2.75) is 13.8 Å². The standard InChI is InChI=1S/C14H13Br2O4P/c1-9-3-5-11(7-13(9)15)19-21(17,18)20-12-6-4-10(2)14(16)8-12/h3-8H,1-2H3,(H,17,18). The van der Waals surface area contributed by atoms with Gasteiger partial charge in [-0.2, -0.15) is 0 Å². The molecule has 0 radical (unpaired) electrons. The Bertz CT molecular complexity index is 661. The summed E-state index contributed by atoms with van der Waals surface area (Å²) in [6.07, 6.45) is 0. The van der Waals surface area contributed by atoms with Crippen LogP contribution in [0, 0.1) is 13.8 Å². The van der Waals surface area contributed by atoms with E-state index in [0.717, 1.165) is 20.1 Å². The van der Waals surface area contributed by atoms with Crippen LogP contribution in [0.1, 0.15) is 11.1 Å². The molecule has 0 unspecified atom stereocenters. The topological polar surface area (TPSA) is 55.8 Å². The van der Waals surface area contributed by atoms with Crippen LogP contribution in [-0.4, -0.2) is 4.89 Å². The molecule has 0 atom stereocenters. The molecule has 2 rings (SSSR count). The van der Waals surface area contributed by atoms with Gasteiger partial charge in [0.15, 0.2) is 0 Å². The lowest BCUT2D eigenvalue weighted by molar-refractivity contribution is 0.291. The molecule has 2 aromatic carbocycles. The van der Waals surface area contributed by atoms with Gasteiger partial charge < -0.3 is 9.05 Å². The normalized spacial score (nSPS) is 11.3. The van der Waals surface area contributed by atoms with E-state index in [9.17, 15) is 9.46 Å². The Balaban J connectivity index is 2.15. The van der Waals surface area contributed by atoms with Gasteiger partial charge in [0.1, 0.15) is 11.5 Å². The van der Waals surface area contributed by atoms with E-state index < -0.39 is 7.82 Å². The highest BCUT2D eigenvalue weighted by atomic mass is 79.9. The summed E-state index contributed by atoms with van der Waals surface area (Å²) >= 11 is 6.68. The van der Waals surface area contributed by atoms with Crippen LogP contribution in [0.2, 0.25) is 0 Å². The Kier molecular flexibility index (Phi) is 5.15. The maximum absolute atomic E-state index is 12.0. The average molecular weight is 436 g/mol. The van der Waals surface area contributed by atoms with Crippen molar-refractivity contribution in [2.75, 3.05) is 0 Å². The summed E-state index contributed by atoms with van der Waals surface area (Å²) in [5, 5.41) is 0. The predicted molar refractivity (Wildman–Crippen MR) is 88.8 cm³/mol. The monoisotopic (exact) mass is 434 g/mol. The minimum absolute atomic E-state index is 0.254. The molecular weight excluding hydrogens is 423 g/mol. The van der Waals surface area contributed by atoms with Crippen LogP contribution >= 0.6 is 39.7 Å². The first kappa shape index (κ1) is 16.6. The van der Waals surface area contributed by atoms with Gasteiger partial charge in [0.05, 0.1) is 0 Å². The molecule has 2 aromatic rings. The van der Waals surface area contributed by atoms with Crippen LogP contribution < -0.4 is 9.05 Å². The number of phosphoric ester groups is 1. The molecule has 0 saturated carbocycles. The molecule has 0 spiro atoms. The average Bonchev–Trinajstić information content (AvgIpc) is 2.37. The molecule has 0 amide bonds. The van der Waals surface area contributed by atoms with E-state index in [2.05, 4.69) is 31.9 Å². The zero-order chi connectivity index (χ0) is 15.6. The highest BCUT2D eigenvalue weighted by Crippen LogP contribution is 2.45. The molecular formula is C14H13Br2O4P. The first-order valence-electron chi connectivity index (χ1n) is 6.01. The Labute approximate surface area is 140 Å². The first-order chi connectivity index (χ1) is 9.77. The van der Waals surface area contributed by atoms with E-state index in [1.165, 1.54) is 0 Å². The van der Waals surface area contributed by atoms with Crippen molar-refractivity contribution in [1.29, 1.82) is 0 Å². The lowest BCUT2D eigenvalue weighted by Gasteiger charge is -2.14. The maximum Gasteiger partial charge on any atom is 0.584 e. The second-order valence-corrected chi connectivity index (χ2v) is 7.48. The number of halogens is 2. The predicted octanol–water partition coefficient (Wildman–Crippen LogP) is 5.39. The van der Waals surface area contributed by atoms with E-state index in [0.29, 0.717) is 0 Å². The van der Waals surface area contributed by atoms with Crippen molar-refractivity contribution in [2.24, 2.45) is 0 Å². The third kappa shape index (κ3) is 4.58. The van der Waals surface area contributed by atoms with Crippen molar-refractivity contribution in [3.05, 3.63) is 56.5 Å². The van der Waals surface area contributed by atoms with Crippen LogP contribution in [0.4, 0.5) is 0 Å². The summed E-state index contributed by atoms with van der Waals surface area (Å²) in [4.78, 5) is 9.82. The van der Waals surface area contributed by atoms with Crippen molar-refractivity contribution >= 4 is 39.7 Å². The zero-order valence-electron chi connectivity index (χ0n) is 11.3. The number of benzene rings is 2. The quantitative estimate of drug-likeness (QED) is 0.654. The second-order valence-electron chi connectivity index (χ2n) is 4.47. The van der Waals surface area contributed by atoms with Gasteiger partial charge in [0, 0.05) is 8.95 Å². The summed E-state index contributed by atoms with van der Waals surface area (Å²) in [5.74, 6) is 0.508. The van der Waals surface area contributed by atoms with Crippen LogP contribution in [-0.2, 0) is 4.57 Å². The summed E-state index contributed by atoms with van der Waals surface area (Å²) in [6, 6.07) is 10.0. The first-order valence-corrected chi connectivity index (χ1v) is 9.09. The molecule has 0 bridgehead atoms. The molecule has 0 heterocycles. The molecule has 0 aromatic heterocycles. The number of phosphoric acid groups is 1. The van der Waals surface area contributed by atoms with Crippen molar-refractivity contribution in [1.82, 2.24) is 0 Å². The Morgan fingerprint density at radius 3 is 1.62 bits per heavy atom. The fourth-order valence-electron chi connectivity index (χ4n) is 1.55. The summed E-state index contributed by atoms with van der Waals surface area (Å²) in [7, 11) is -4.25. The lowest BCUT2D eigenvalue weighted by atomic mass is 10.2. The van der Waals surface area contributed by atoms with E-state index in [1.54, 1.807) is 36.4 Å². The van der Waals surface area contributed by atoms with E-state index in [1.807, 2.05) is 13.8 Å². The smallest absolute Gasteiger partial charge is 0.395 e. The lowest BCUT2D eigenvalue weighted by Crippen LogP contribution is -2.00. The SMILES string of the molecule is Cc1ccc(OP(=O)(O)Oc2ccc(C)c(Br)c2)cc1Br. The molecule has 4 nitrogen and oxygen atoms in total. The number of hydrogen-bond donors (Lipinski definition) is 1. The van der Waals surface area contributed by atoms with Gasteiger partial charge in [-0.15, -0.1) is 0 Å². The molecule has 0 aliphatic rings. The van der Waals surface area contributed by atoms with Crippen molar-refractivity contribution in [3.8, 4) is 11.5 Å². The largest absolute Gasteiger partial charge is 0.584 e. The fourth-order valence-corrected chi connectivity index (χ4v) is 3.06. The van der Waals surface area contributed by atoms with Crippen molar-refractivity contribution in [3.63, 3.8) is 0 Å². The van der Waals surface area contributed by atoms with E-state index in [-0.39, 0.29) is 11.5 Å². The molecule has 112 valence electrons. The van der Waals surface area contributed by atoms with Crippen LogP contribution in [0.15, 0.2) is 45.3 Å². The van der Waals surface area contributed by atoms with Gasteiger partial charge >= 0.3 is 7.82 Å². The Hall–Kier alpha value is -0.810. The molecule has 1 N–H and O–H groups in total. The Morgan fingerprint density at radius 2 is 1.29 bits per heavy atom. The van der Waals surface area contributed by atoms with Crippen LogP contribution in [0.25, 0.3) is 0 Å². The van der Waals surface area contributed by atoms with Gasteiger partial charge in [0.2, 0.25) is 0 Å². The molecule has 0 aliphatic carbocycles. The van der Waals surface area contributed by atoms with Gasteiger partial charge in [-0.1, -0.05) is 44.0 Å². The van der Waals surface area contributed by atoms with Crippen LogP contribution in [0.3, 0.4) is 0 Å². The van der Waals surface area contributed by atoms with Crippen LogP contribution in [0.5, 0.6) is 11.5 Å². The zero-order valence-corrected chi connectivity index (χ0v) is 15.4. The summed E-state index contributed by atoms with van der Waals surface area (Å²) < 4.78 is 23.7. The summed E-state index contributed by atoms with van der Waals surface area (Å²) in [5.41, 5.74) is 2.00. The highest BCUT2D eigenvalue weighted by molar-refractivity contribution is 9.10. The summed E-state index contributed by atoms with van der Waals surface area (Å²) in [6.45, 7) is 3.82. The Morgan fingerprint density at radius 1 is 0.905 bits per heavy atom. The van der Waals surface area contributed by atoms with Gasteiger partial charge in [0.25, 0.3) is 0 Å². The molecule has 21 heavy (non-hydrogen) atoms. The molecule has 0 aliphatic heterocycles. The third-order valence-corrected chi connectivity index (χ3v) is 5.32. The van der Waals surface area contributed by atoms with Gasteiger partial charge in [-0.3, -0.25) is 4.89 Å². The molecule has 0 fully saturated rings. The maximum atomic E-state index is 12.0. The van der Waals surface area contributed by atoms with Gasteiger partial charge in [-0.05, 0) is 49.2 Å². The van der Waals surface area contributed by atoms with E-state index in [4.69, 9.17) is 9.05 Å². The molecule has 7 heteroatoms. The number of aryl methyl sites for hydroxylation is 2. The third-order valence-electron chi connectivity index (χ3n) is 2.73. The fraction of sp³-hybridized carbons (Fsp3) is 0.143. The van der Waals surface area contributed by atoms with Gasteiger partial charge in [-0.25, -0.2) is 4.57 Å². The minimum Gasteiger partial charge on any atom is -0.395 e. The second kappa shape index (κ2) is 6.53. The van der Waals surface area contributed by atoms with E-state index >= 15 is 0 Å². The minimum atomic E-state index is -4.25. The number of rotatable bonds is 4. The molecule has 0 saturated heterocycles.